The van der Waals surface area contributed by atoms with Crippen molar-refractivity contribution in [2.45, 2.75) is 58.5 Å². The van der Waals surface area contributed by atoms with E-state index >= 15 is 0 Å². The Morgan fingerprint density at radius 2 is 2.00 bits per heavy atom. The Hall–Kier alpha value is -4.06. The molecule has 3 aliphatic rings. The van der Waals surface area contributed by atoms with E-state index in [1.807, 2.05) is 25.1 Å². The van der Waals surface area contributed by atoms with Crippen molar-refractivity contribution >= 4 is 22.4 Å². The molecule has 4 aromatic rings. The van der Waals surface area contributed by atoms with E-state index < -0.39 is 0 Å². The third-order valence-corrected chi connectivity index (χ3v) is 7.61. The molecule has 3 saturated carbocycles. The zero-order valence-electron chi connectivity index (χ0n) is 21.7. The zero-order valence-corrected chi connectivity index (χ0v) is 21.7. The Kier molecular flexibility index (Phi) is 5.37. The van der Waals surface area contributed by atoms with Gasteiger partial charge in [0, 0.05) is 35.1 Å². The lowest BCUT2D eigenvalue weighted by molar-refractivity contribution is -0.0989. The average Bonchev–Trinajstić information content (AvgIpc) is 3.28. The highest BCUT2D eigenvalue weighted by atomic mass is 15.5. The fourth-order valence-electron chi connectivity index (χ4n) is 5.46. The van der Waals surface area contributed by atoms with E-state index in [1.165, 1.54) is 25.6 Å². The number of benzene rings is 1. The van der Waals surface area contributed by atoms with Crippen molar-refractivity contribution in [2.24, 2.45) is 11.3 Å². The number of hydrogen-bond acceptors (Lipinski definition) is 8. The average molecular weight is 494 g/mol. The molecule has 0 amide bonds. The van der Waals surface area contributed by atoms with Crippen LogP contribution in [0.2, 0.25) is 0 Å². The van der Waals surface area contributed by atoms with Gasteiger partial charge in [-0.15, -0.1) is 5.10 Å². The number of rotatable bonds is 7. The van der Waals surface area contributed by atoms with Crippen LogP contribution < -0.4 is 10.6 Å². The Morgan fingerprint density at radius 1 is 1.19 bits per heavy atom. The van der Waals surface area contributed by atoms with Gasteiger partial charge >= 0.3 is 0 Å². The minimum atomic E-state index is -0.283. The highest BCUT2D eigenvalue weighted by Gasteiger charge is 2.58. The lowest BCUT2D eigenvalue weighted by Crippen LogP contribution is -2.59. The number of nitriles is 1. The third-order valence-electron chi connectivity index (χ3n) is 7.61. The first-order valence-corrected chi connectivity index (χ1v) is 12.8. The summed E-state index contributed by atoms with van der Waals surface area (Å²) < 4.78 is 2.06. The van der Waals surface area contributed by atoms with Gasteiger partial charge in [0.25, 0.3) is 0 Å². The van der Waals surface area contributed by atoms with E-state index in [1.54, 1.807) is 6.20 Å². The molecule has 1 atom stereocenters. The summed E-state index contributed by atoms with van der Waals surface area (Å²) >= 11 is 0. The maximum Gasteiger partial charge on any atom is 0.137 e. The molecule has 37 heavy (non-hydrogen) atoms. The molecular formula is C28H31N9. The second kappa shape index (κ2) is 8.51. The predicted octanol–water partition coefficient (Wildman–Crippen LogP) is 4.96. The lowest BCUT2D eigenvalue weighted by atomic mass is 9.50. The van der Waals surface area contributed by atoms with Gasteiger partial charge in [0.15, 0.2) is 0 Å². The van der Waals surface area contributed by atoms with Gasteiger partial charge in [-0.1, -0.05) is 32.1 Å². The predicted molar refractivity (Wildman–Crippen MR) is 142 cm³/mol. The molecule has 3 heterocycles. The molecule has 0 radical (unpaired) electrons. The molecule has 0 spiro atoms. The number of aromatic nitrogens is 6. The summed E-state index contributed by atoms with van der Waals surface area (Å²) in [6, 6.07) is 9.88. The van der Waals surface area contributed by atoms with Gasteiger partial charge in [-0.2, -0.15) is 5.26 Å². The normalized spacial score (nSPS) is 21.0. The van der Waals surface area contributed by atoms with Crippen LogP contribution in [-0.4, -0.2) is 36.5 Å². The van der Waals surface area contributed by atoms with Crippen molar-refractivity contribution in [1.29, 1.82) is 5.26 Å². The van der Waals surface area contributed by atoms with Crippen molar-refractivity contribution in [3.63, 3.8) is 0 Å². The van der Waals surface area contributed by atoms with E-state index in [-0.39, 0.29) is 17.0 Å². The number of pyridine rings is 1. The summed E-state index contributed by atoms with van der Waals surface area (Å²) in [5, 5.41) is 27.0. The summed E-state index contributed by atoms with van der Waals surface area (Å²) in [7, 11) is 0. The van der Waals surface area contributed by atoms with Gasteiger partial charge in [-0.3, -0.25) is 4.98 Å². The van der Waals surface area contributed by atoms with Gasteiger partial charge < -0.3 is 10.6 Å². The molecule has 2 bridgehead atoms. The summed E-state index contributed by atoms with van der Waals surface area (Å²) in [4.78, 5) is 13.4. The minimum absolute atomic E-state index is 0.0698. The molecule has 0 saturated heterocycles. The van der Waals surface area contributed by atoms with Crippen molar-refractivity contribution < 1.29 is 0 Å². The molecule has 9 heteroatoms. The van der Waals surface area contributed by atoms with Gasteiger partial charge in [0.1, 0.15) is 23.9 Å². The Labute approximate surface area is 216 Å². The van der Waals surface area contributed by atoms with Gasteiger partial charge in [0.05, 0.1) is 28.9 Å². The van der Waals surface area contributed by atoms with Gasteiger partial charge in [-0.05, 0) is 55.7 Å². The lowest BCUT2D eigenvalue weighted by Gasteiger charge is -2.61. The quantitative estimate of drug-likeness (QED) is 0.371. The molecule has 3 fully saturated rings. The molecule has 3 aliphatic carbocycles. The highest BCUT2D eigenvalue weighted by molar-refractivity contribution is 5.95. The van der Waals surface area contributed by atoms with Crippen LogP contribution in [0.15, 0.2) is 43.0 Å². The molecule has 0 unspecified atom stereocenters. The Balaban J connectivity index is 1.41. The van der Waals surface area contributed by atoms with Gasteiger partial charge in [-0.25, -0.2) is 14.6 Å². The SMILES string of the molecule is Cc1ncccc1[C@@H](Nc1cc(C#N)c2ncnc(NCC(C)(C)C)c2c1)c1cn(C23CC(C2)C3)nn1. The van der Waals surface area contributed by atoms with Crippen molar-refractivity contribution in [3.8, 4) is 6.07 Å². The third kappa shape index (κ3) is 4.16. The van der Waals surface area contributed by atoms with Crippen molar-refractivity contribution in [1.82, 2.24) is 29.9 Å². The molecule has 7 rings (SSSR count). The second-order valence-electron chi connectivity index (χ2n) is 11.7. The monoisotopic (exact) mass is 493 g/mol. The number of nitrogens with one attached hydrogen (secondary N) is 2. The number of nitrogens with zero attached hydrogens (tertiary/aromatic N) is 7. The van der Waals surface area contributed by atoms with Crippen molar-refractivity contribution in [2.75, 3.05) is 17.2 Å². The van der Waals surface area contributed by atoms with E-state index in [0.29, 0.717) is 16.9 Å². The fourth-order valence-corrected chi connectivity index (χ4v) is 5.46. The molecule has 2 N–H and O–H groups in total. The smallest absolute Gasteiger partial charge is 0.137 e. The molecular weight excluding hydrogens is 462 g/mol. The first-order valence-electron chi connectivity index (χ1n) is 12.8. The number of hydrogen-bond donors (Lipinski definition) is 2. The van der Waals surface area contributed by atoms with Crippen LogP contribution in [0, 0.1) is 29.6 Å². The zero-order chi connectivity index (χ0) is 25.8. The standard InChI is InChI=1S/C28H31N9/c1-17-21(6-5-7-30-17)25(23-14-37(36-35-23)28-10-18(11-28)12-28)34-20-8-19(13-29)24-22(9-20)26(33-16-32-24)31-15-27(2,3)4/h5-9,14,16,18,25,34H,10-12,15H2,1-4H3,(H,31,32,33)/t18?,25-,28?/m1/s1. The van der Waals surface area contributed by atoms with E-state index in [9.17, 15) is 5.26 Å². The van der Waals surface area contributed by atoms with Crippen LogP contribution in [0.25, 0.3) is 10.9 Å². The molecule has 9 nitrogen and oxygen atoms in total. The Bertz CT molecular complexity index is 1510. The number of aryl methyl sites for hydroxylation is 1. The molecule has 188 valence electrons. The highest BCUT2D eigenvalue weighted by Crippen LogP contribution is 2.62. The Morgan fingerprint density at radius 3 is 2.68 bits per heavy atom. The van der Waals surface area contributed by atoms with E-state index in [2.05, 4.69) is 79.7 Å². The summed E-state index contributed by atoms with van der Waals surface area (Å²) in [5.74, 6) is 1.57. The topological polar surface area (TPSA) is 117 Å². The molecule has 3 aromatic heterocycles. The van der Waals surface area contributed by atoms with Crippen LogP contribution in [0.4, 0.5) is 11.5 Å². The maximum absolute atomic E-state index is 9.96. The van der Waals surface area contributed by atoms with Crippen LogP contribution in [-0.2, 0) is 5.54 Å². The fraction of sp³-hybridized carbons (Fsp3) is 0.429. The first-order chi connectivity index (χ1) is 17.7. The minimum Gasteiger partial charge on any atom is -0.373 e. The van der Waals surface area contributed by atoms with Crippen LogP contribution >= 0.6 is 0 Å². The maximum atomic E-state index is 9.96. The van der Waals surface area contributed by atoms with Crippen LogP contribution in [0.5, 0.6) is 0 Å². The molecule has 1 aromatic carbocycles. The second-order valence-corrected chi connectivity index (χ2v) is 11.7. The summed E-state index contributed by atoms with van der Waals surface area (Å²) in [5.41, 5.74) is 4.88. The largest absolute Gasteiger partial charge is 0.373 e. The van der Waals surface area contributed by atoms with E-state index in [4.69, 9.17) is 0 Å². The summed E-state index contributed by atoms with van der Waals surface area (Å²) in [6.07, 6.45) is 8.96. The molecule has 0 aliphatic heterocycles. The number of fused-ring (bicyclic) bond motifs is 1. The first kappa shape index (κ1) is 23.3. The number of anilines is 2. The van der Waals surface area contributed by atoms with E-state index in [0.717, 1.165) is 40.5 Å². The van der Waals surface area contributed by atoms with Crippen LogP contribution in [0.3, 0.4) is 0 Å². The van der Waals surface area contributed by atoms with Gasteiger partial charge in [0.2, 0.25) is 0 Å². The van der Waals surface area contributed by atoms with Crippen LogP contribution in [0.1, 0.15) is 68.6 Å². The summed E-state index contributed by atoms with van der Waals surface area (Å²) in [6.45, 7) is 9.23. The van der Waals surface area contributed by atoms with Crippen molar-refractivity contribution in [3.05, 3.63) is 65.5 Å².